The maximum atomic E-state index is 12.8. The van der Waals surface area contributed by atoms with Crippen molar-refractivity contribution in [2.45, 2.75) is 62.8 Å². The van der Waals surface area contributed by atoms with Gasteiger partial charge in [0.1, 0.15) is 0 Å². The van der Waals surface area contributed by atoms with Gasteiger partial charge in [0.15, 0.2) is 0 Å². The van der Waals surface area contributed by atoms with Crippen LogP contribution in [0.4, 0.5) is 5.69 Å². The first-order valence-corrected chi connectivity index (χ1v) is 12.5. The maximum Gasteiger partial charge on any atom is 0.243 e. The van der Waals surface area contributed by atoms with Crippen molar-refractivity contribution in [3.63, 3.8) is 0 Å². The molecular formula is C22H31N3O4S. The third-order valence-electron chi connectivity index (χ3n) is 6.80. The first-order valence-electron chi connectivity index (χ1n) is 11.0. The Morgan fingerprint density at radius 1 is 1.03 bits per heavy atom. The van der Waals surface area contributed by atoms with Gasteiger partial charge in [0.05, 0.1) is 10.8 Å². The van der Waals surface area contributed by atoms with Crippen molar-refractivity contribution in [1.82, 2.24) is 9.21 Å². The summed E-state index contributed by atoms with van der Waals surface area (Å²) >= 11 is 0. The van der Waals surface area contributed by atoms with Gasteiger partial charge in [0.25, 0.3) is 0 Å². The summed E-state index contributed by atoms with van der Waals surface area (Å²) in [6.07, 6.45) is 6.38. The number of piperidine rings is 1. The highest BCUT2D eigenvalue weighted by atomic mass is 32.2. The summed E-state index contributed by atoms with van der Waals surface area (Å²) in [5.41, 5.74) is 0.554. The number of anilines is 1. The molecule has 2 heterocycles. The Bertz CT molecular complexity index is 885. The van der Waals surface area contributed by atoms with Gasteiger partial charge < -0.3 is 10.2 Å². The quantitative estimate of drug-likeness (QED) is 0.774. The summed E-state index contributed by atoms with van der Waals surface area (Å²) in [5.74, 6) is 0.0989. The SMILES string of the molecule is CC1CCN(S(=O)(=O)c2ccc(NC(=O)C3CC(=O)N(C4CCCC4)C3)cc2)CC1. The van der Waals surface area contributed by atoms with E-state index in [0.717, 1.165) is 38.5 Å². The average Bonchev–Trinajstić information content (AvgIpc) is 3.38. The minimum absolute atomic E-state index is 0.0688. The summed E-state index contributed by atoms with van der Waals surface area (Å²) in [6.45, 7) is 3.73. The van der Waals surface area contributed by atoms with Crippen LogP contribution >= 0.6 is 0 Å². The Labute approximate surface area is 178 Å². The second-order valence-corrected chi connectivity index (χ2v) is 10.9. The van der Waals surface area contributed by atoms with Crippen LogP contribution in [0.3, 0.4) is 0 Å². The molecule has 2 saturated heterocycles. The van der Waals surface area contributed by atoms with E-state index in [-0.39, 0.29) is 35.1 Å². The summed E-state index contributed by atoms with van der Waals surface area (Å²) in [4.78, 5) is 27.1. The second kappa shape index (κ2) is 8.67. The molecule has 30 heavy (non-hydrogen) atoms. The number of carbonyl (C=O) groups is 2. The molecule has 1 atom stereocenters. The van der Waals surface area contributed by atoms with Crippen molar-refractivity contribution in [3.8, 4) is 0 Å². The molecule has 0 spiro atoms. The van der Waals surface area contributed by atoms with Gasteiger partial charge in [-0.1, -0.05) is 19.8 Å². The molecule has 4 rings (SSSR count). The maximum absolute atomic E-state index is 12.8. The standard InChI is InChI=1S/C22H31N3O4S/c1-16-10-12-24(13-11-16)30(28,29)20-8-6-18(7-9-20)23-22(27)17-14-21(26)25(15-17)19-4-2-3-5-19/h6-9,16-17,19H,2-5,10-15H2,1H3,(H,23,27). The number of amides is 2. The molecule has 164 valence electrons. The van der Waals surface area contributed by atoms with Crippen LogP contribution in [-0.4, -0.2) is 55.1 Å². The number of sulfonamides is 1. The van der Waals surface area contributed by atoms with Crippen LogP contribution in [0.25, 0.3) is 0 Å². The zero-order chi connectivity index (χ0) is 21.3. The Hall–Kier alpha value is -1.93. The smallest absolute Gasteiger partial charge is 0.243 e. The number of hydrogen-bond donors (Lipinski definition) is 1. The number of carbonyl (C=O) groups excluding carboxylic acids is 2. The van der Waals surface area contributed by atoms with Crippen LogP contribution in [0.15, 0.2) is 29.2 Å². The Morgan fingerprint density at radius 3 is 2.30 bits per heavy atom. The third kappa shape index (κ3) is 4.39. The Balaban J connectivity index is 1.36. The minimum Gasteiger partial charge on any atom is -0.339 e. The third-order valence-corrected chi connectivity index (χ3v) is 8.71. The molecule has 1 N–H and O–H groups in total. The van der Waals surface area contributed by atoms with E-state index in [1.807, 2.05) is 4.90 Å². The van der Waals surface area contributed by atoms with E-state index < -0.39 is 10.0 Å². The molecule has 1 saturated carbocycles. The monoisotopic (exact) mass is 433 g/mol. The van der Waals surface area contributed by atoms with E-state index in [2.05, 4.69) is 12.2 Å². The van der Waals surface area contributed by atoms with Crippen LogP contribution in [0.2, 0.25) is 0 Å². The first kappa shape index (κ1) is 21.3. The molecule has 0 radical (unpaired) electrons. The molecule has 7 nitrogen and oxygen atoms in total. The predicted octanol–water partition coefficient (Wildman–Crippen LogP) is 2.84. The summed E-state index contributed by atoms with van der Waals surface area (Å²) in [6, 6.07) is 6.64. The average molecular weight is 434 g/mol. The molecule has 2 aliphatic heterocycles. The summed E-state index contributed by atoms with van der Waals surface area (Å²) in [5, 5.41) is 2.85. The van der Waals surface area contributed by atoms with Crippen molar-refractivity contribution in [2.24, 2.45) is 11.8 Å². The van der Waals surface area contributed by atoms with Gasteiger partial charge in [-0.05, 0) is 55.9 Å². The van der Waals surface area contributed by atoms with Crippen molar-refractivity contribution in [2.75, 3.05) is 25.0 Å². The van der Waals surface area contributed by atoms with Gasteiger partial charge in [-0.15, -0.1) is 0 Å². The number of nitrogens with zero attached hydrogens (tertiary/aromatic N) is 2. The molecule has 8 heteroatoms. The lowest BCUT2D eigenvalue weighted by Gasteiger charge is -2.29. The number of likely N-dealkylation sites (tertiary alicyclic amines) is 1. The number of rotatable bonds is 5. The topological polar surface area (TPSA) is 86.8 Å². The lowest BCUT2D eigenvalue weighted by molar-refractivity contribution is -0.129. The van der Waals surface area contributed by atoms with Crippen LogP contribution in [0.1, 0.15) is 51.9 Å². The highest BCUT2D eigenvalue weighted by Crippen LogP contribution is 2.30. The summed E-state index contributed by atoms with van der Waals surface area (Å²) < 4.78 is 27.2. The van der Waals surface area contributed by atoms with Crippen LogP contribution in [0, 0.1) is 11.8 Å². The van der Waals surface area contributed by atoms with Gasteiger partial charge in [-0.25, -0.2) is 8.42 Å². The van der Waals surface area contributed by atoms with Crippen molar-refractivity contribution in [1.29, 1.82) is 0 Å². The minimum atomic E-state index is -3.50. The molecular weight excluding hydrogens is 402 g/mol. The van der Waals surface area contributed by atoms with E-state index >= 15 is 0 Å². The van der Waals surface area contributed by atoms with Crippen LogP contribution < -0.4 is 5.32 Å². The molecule has 3 aliphatic rings. The molecule has 1 aromatic rings. The number of benzene rings is 1. The molecule has 2 amide bonds. The second-order valence-electron chi connectivity index (χ2n) is 8.99. The largest absolute Gasteiger partial charge is 0.339 e. The van der Waals surface area contributed by atoms with E-state index in [0.29, 0.717) is 31.2 Å². The van der Waals surface area contributed by atoms with Gasteiger partial charge in [-0.2, -0.15) is 4.31 Å². The van der Waals surface area contributed by atoms with E-state index in [1.54, 1.807) is 28.6 Å². The zero-order valence-electron chi connectivity index (χ0n) is 17.5. The highest BCUT2D eigenvalue weighted by Gasteiger charge is 2.38. The Morgan fingerprint density at radius 2 is 1.67 bits per heavy atom. The molecule has 1 unspecified atom stereocenters. The lowest BCUT2D eigenvalue weighted by Crippen LogP contribution is -2.37. The number of hydrogen-bond acceptors (Lipinski definition) is 4. The summed E-state index contributed by atoms with van der Waals surface area (Å²) in [7, 11) is -3.50. The van der Waals surface area contributed by atoms with Gasteiger partial charge >= 0.3 is 0 Å². The fourth-order valence-electron chi connectivity index (χ4n) is 4.80. The molecule has 0 bridgehead atoms. The number of nitrogens with one attached hydrogen (secondary N) is 1. The predicted molar refractivity (Wildman–Crippen MR) is 114 cm³/mol. The van der Waals surface area contributed by atoms with Crippen molar-refractivity contribution < 1.29 is 18.0 Å². The lowest BCUT2D eigenvalue weighted by atomic mass is 10.0. The fraction of sp³-hybridized carbons (Fsp3) is 0.636. The van der Waals surface area contributed by atoms with Crippen molar-refractivity contribution in [3.05, 3.63) is 24.3 Å². The van der Waals surface area contributed by atoms with Gasteiger partial charge in [-0.3, -0.25) is 9.59 Å². The van der Waals surface area contributed by atoms with Crippen LogP contribution in [0.5, 0.6) is 0 Å². The van der Waals surface area contributed by atoms with Gasteiger partial charge in [0.2, 0.25) is 21.8 Å². The van der Waals surface area contributed by atoms with Crippen LogP contribution in [-0.2, 0) is 19.6 Å². The highest BCUT2D eigenvalue weighted by molar-refractivity contribution is 7.89. The molecule has 1 aliphatic carbocycles. The fourth-order valence-corrected chi connectivity index (χ4v) is 6.27. The molecule has 0 aromatic heterocycles. The Kier molecular flexibility index (Phi) is 6.16. The van der Waals surface area contributed by atoms with E-state index in [9.17, 15) is 18.0 Å². The zero-order valence-corrected chi connectivity index (χ0v) is 18.4. The van der Waals surface area contributed by atoms with E-state index in [1.165, 1.54) is 0 Å². The molecule has 1 aromatic carbocycles. The first-order chi connectivity index (χ1) is 14.3. The molecule has 3 fully saturated rings. The normalized spacial score (nSPS) is 24.5. The van der Waals surface area contributed by atoms with Gasteiger partial charge in [0, 0.05) is 37.8 Å². The van der Waals surface area contributed by atoms with E-state index in [4.69, 9.17) is 0 Å². The van der Waals surface area contributed by atoms with Crippen molar-refractivity contribution >= 4 is 27.5 Å².